The van der Waals surface area contributed by atoms with Crippen molar-refractivity contribution >= 4 is 11.6 Å². The Balaban J connectivity index is 2.40. The fourth-order valence-corrected chi connectivity index (χ4v) is 1.47. The summed E-state index contributed by atoms with van der Waals surface area (Å²) in [7, 11) is 0. The normalized spacial score (nSPS) is 10.8. The van der Waals surface area contributed by atoms with E-state index < -0.39 is 0 Å². The van der Waals surface area contributed by atoms with Gasteiger partial charge < -0.3 is 15.2 Å². The summed E-state index contributed by atoms with van der Waals surface area (Å²) in [4.78, 5) is 0. The predicted molar refractivity (Wildman–Crippen MR) is 65.9 cm³/mol. The first-order chi connectivity index (χ1) is 7.63. The largest absolute Gasteiger partial charge is 0.491 e. The molecule has 3 nitrogen and oxygen atoms in total. The van der Waals surface area contributed by atoms with E-state index in [1.807, 2.05) is 26.0 Å². The summed E-state index contributed by atoms with van der Waals surface area (Å²) in [6, 6.07) is 5.52. The summed E-state index contributed by atoms with van der Waals surface area (Å²) in [6.07, 6.45) is 0.229. The number of hydrogen-bond donors (Lipinski definition) is 1. The van der Waals surface area contributed by atoms with E-state index in [0.29, 0.717) is 24.8 Å². The van der Waals surface area contributed by atoms with E-state index in [1.165, 1.54) is 0 Å². The molecule has 0 unspecified atom stereocenters. The Labute approximate surface area is 101 Å². The number of rotatable bonds is 6. The third-order valence-electron chi connectivity index (χ3n) is 2.05. The lowest BCUT2D eigenvalue weighted by Gasteiger charge is -2.10. The fourth-order valence-electron chi connectivity index (χ4n) is 1.23. The molecule has 0 amide bonds. The second-order valence-electron chi connectivity index (χ2n) is 3.73. The molecular weight excluding hydrogens is 226 g/mol. The van der Waals surface area contributed by atoms with Crippen LogP contribution in [-0.4, -0.2) is 19.3 Å². The van der Waals surface area contributed by atoms with Crippen LogP contribution in [0.5, 0.6) is 5.75 Å². The number of halogens is 1. The molecule has 1 rings (SSSR count). The summed E-state index contributed by atoms with van der Waals surface area (Å²) < 4.78 is 10.8. The predicted octanol–water partition coefficient (Wildman–Crippen LogP) is 2.60. The molecule has 0 heterocycles. The molecule has 0 aliphatic rings. The van der Waals surface area contributed by atoms with Gasteiger partial charge in [-0.1, -0.05) is 17.7 Å². The number of nitrogens with two attached hydrogens (primary N) is 1. The van der Waals surface area contributed by atoms with E-state index in [2.05, 4.69) is 0 Å². The first kappa shape index (κ1) is 13.3. The molecule has 1 aromatic carbocycles. The van der Waals surface area contributed by atoms with Gasteiger partial charge in [0.15, 0.2) is 0 Å². The minimum absolute atomic E-state index is 0.229. The van der Waals surface area contributed by atoms with Crippen molar-refractivity contribution in [3.05, 3.63) is 28.8 Å². The molecular formula is C12H18ClNO2. The Bertz CT molecular complexity index is 329. The van der Waals surface area contributed by atoms with Gasteiger partial charge >= 0.3 is 0 Å². The van der Waals surface area contributed by atoms with E-state index in [-0.39, 0.29) is 6.10 Å². The molecule has 0 spiro atoms. The van der Waals surface area contributed by atoms with Crippen molar-refractivity contribution < 1.29 is 9.47 Å². The maximum atomic E-state index is 6.00. The Kier molecular flexibility index (Phi) is 5.60. The smallest absolute Gasteiger partial charge is 0.120 e. The topological polar surface area (TPSA) is 44.5 Å². The lowest BCUT2D eigenvalue weighted by Crippen LogP contribution is -2.11. The molecule has 0 radical (unpaired) electrons. The SMILES string of the molecule is CC(C)OCCOc1ccc(CN)c(Cl)c1. The third kappa shape index (κ3) is 4.39. The maximum Gasteiger partial charge on any atom is 0.120 e. The van der Waals surface area contributed by atoms with Gasteiger partial charge in [-0.05, 0) is 31.5 Å². The standard InChI is InChI=1S/C12H18ClNO2/c1-9(2)15-5-6-16-11-4-3-10(8-14)12(13)7-11/h3-4,7,9H,5-6,8,14H2,1-2H3. The van der Waals surface area contributed by atoms with E-state index in [1.54, 1.807) is 6.07 Å². The van der Waals surface area contributed by atoms with E-state index in [4.69, 9.17) is 26.8 Å². The van der Waals surface area contributed by atoms with Crippen LogP contribution in [0.1, 0.15) is 19.4 Å². The van der Waals surface area contributed by atoms with Gasteiger partial charge in [0, 0.05) is 11.6 Å². The van der Waals surface area contributed by atoms with Crippen molar-refractivity contribution in [3.63, 3.8) is 0 Å². The second-order valence-corrected chi connectivity index (χ2v) is 4.13. The van der Waals surface area contributed by atoms with Crippen molar-refractivity contribution in [2.45, 2.75) is 26.5 Å². The molecule has 0 bridgehead atoms. The minimum Gasteiger partial charge on any atom is -0.491 e. The average Bonchev–Trinajstić information content (AvgIpc) is 2.24. The summed E-state index contributed by atoms with van der Waals surface area (Å²) in [6.45, 7) is 5.53. The molecule has 0 saturated heterocycles. The molecule has 2 N–H and O–H groups in total. The lowest BCUT2D eigenvalue weighted by molar-refractivity contribution is 0.0552. The molecule has 0 saturated carbocycles. The van der Waals surface area contributed by atoms with Crippen molar-refractivity contribution in [2.24, 2.45) is 5.73 Å². The van der Waals surface area contributed by atoms with Gasteiger partial charge in [0.05, 0.1) is 12.7 Å². The first-order valence-electron chi connectivity index (χ1n) is 5.36. The lowest BCUT2D eigenvalue weighted by atomic mass is 10.2. The highest BCUT2D eigenvalue weighted by atomic mass is 35.5. The van der Waals surface area contributed by atoms with Crippen molar-refractivity contribution in [1.29, 1.82) is 0 Å². The van der Waals surface area contributed by atoms with Crippen LogP contribution < -0.4 is 10.5 Å². The minimum atomic E-state index is 0.229. The van der Waals surface area contributed by atoms with Gasteiger partial charge in [-0.15, -0.1) is 0 Å². The Morgan fingerprint density at radius 1 is 1.31 bits per heavy atom. The van der Waals surface area contributed by atoms with Crippen molar-refractivity contribution in [3.8, 4) is 5.75 Å². The Morgan fingerprint density at radius 3 is 2.62 bits per heavy atom. The van der Waals surface area contributed by atoms with Gasteiger partial charge in [0.25, 0.3) is 0 Å². The van der Waals surface area contributed by atoms with E-state index in [0.717, 1.165) is 11.3 Å². The Hall–Kier alpha value is -0.770. The van der Waals surface area contributed by atoms with Gasteiger partial charge in [0.2, 0.25) is 0 Å². The van der Waals surface area contributed by atoms with Crippen LogP contribution >= 0.6 is 11.6 Å². The maximum absolute atomic E-state index is 6.00. The van der Waals surface area contributed by atoms with Crippen LogP contribution in [0.15, 0.2) is 18.2 Å². The molecule has 0 aliphatic heterocycles. The van der Waals surface area contributed by atoms with Crippen LogP contribution in [0.25, 0.3) is 0 Å². The van der Waals surface area contributed by atoms with Crippen molar-refractivity contribution in [1.82, 2.24) is 0 Å². The fraction of sp³-hybridized carbons (Fsp3) is 0.500. The highest BCUT2D eigenvalue weighted by Gasteiger charge is 2.01. The monoisotopic (exact) mass is 243 g/mol. The van der Waals surface area contributed by atoms with Crippen LogP contribution in [0.3, 0.4) is 0 Å². The molecule has 4 heteroatoms. The molecule has 0 aromatic heterocycles. The summed E-state index contributed by atoms with van der Waals surface area (Å²) in [5.74, 6) is 0.745. The number of ether oxygens (including phenoxy) is 2. The molecule has 1 aromatic rings. The molecule has 0 aliphatic carbocycles. The van der Waals surface area contributed by atoms with Gasteiger partial charge in [-0.25, -0.2) is 0 Å². The van der Waals surface area contributed by atoms with Crippen LogP contribution in [0.2, 0.25) is 5.02 Å². The molecule has 0 fully saturated rings. The highest BCUT2D eigenvalue weighted by molar-refractivity contribution is 6.31. The highest BCUT2D eigenvalue weighted by Crippen LogP contribution is 2.22. The van der Waals surface area contributed by atoms with E-state index >= 15 is 0 Å². The zero-order chi connectivity index (χ0) is 12.0. The number of benzene rings is 1. The zero-order valence-corrected chi connectivity index (χ0v) is 10.5. The zero-order valence-electron chi connectivity index (χ0n) is 9.70. The summed E-state index contributed by atoms with van der Waals surface area (Å²) >= 11 is 6.00. The molecule has 90 valence electrons. The molecule has 0 atom stereocenters. The average molecular weight is 244 g/mol. The second kappa shape index (κ2) is 6.74. The van der Waals surface area contributed by atoms with Gasteiger partial charge in [0.1, 0.15) is 12.4 Å². The van der Waals surface area contributed by atoms with Crippen LogP contribution in [-0.2, 0) is 11.3 Å². The number of hydrogen-bond acceptors (Lipinski definition) is 3. The Morgan fingerprint density at radius 2 is 2.06 bits per heavy atom. The summed E-state index contributed by atoms with van der Waals surface area (Å²) in [5, 5.41) is 0.643. The first-order valence-corrected chi connectivity index (χ1v) is 5.74. The van der Waals surface area contributed by atoms with Gasteiger partial charge in [-0.2, -0.15) is 0 Å². The van der Waals surface area contributed by atoms with Crippen LogP contribution in [0.4, 0.5) is 0 Å². The third-order valence-corrected chi connectivity index (χ3v) is 2.40. The van der Waals surface area contributed by atoms with E-state index in [9.17, 15) is 0 Å². The molecule has 16 heavy (non-hydrogen) atoms. The summed E-state index contributed by atoms with van der Waals surface area (Å²) in [5.41, 5.74) is 6.43. The van der Waals surface area contributed by atoms with Crippen molar-refractivity contribution in [2.75, 3.05) is 13.2 Å². The van der Waals surface area contributed by atoms with Gasteiger partial charge in [-0.3, -0.25) is 0 Å². The van der Waals surface area contributed by atoms with Crippen LogP contribution in [0, 0.1) is 0 Å². The quantitative estimate of drug-likeness (QED) is 0.782.